The molecule has 2 aliphatic carbocycles. The molecule has 4 N–H and O–H groups in total. The number of rotatable bonds is 11. The minimum absolute atomic E-state index is 0.0256. The van der Waals surface area contributed by atoms with Crippen molar-refractivity contribution < 1.29 is 32.7 Å². The highest BCUT2D eigenvalue weighted by Crippen LogP contribution is 2.54. The molecule has 6 heterocycles. The first-order valence-electron chi connectivity index (χ1n) is 23.4. The summed E-state index contributed by atoms with van der Waals surface area (Å²) in [4.78, 5) is 42.5. The van der Waals surface area contributed by atoms with Crippen molar-refractivity contribution in [1.82, 2.24) is 24.6 Å². The molecule has 16 nitrogen and oxygen atoms in total. The van der Waals surface area contributed by atoms with Crippen LogP contribution in [0.4, 0.5) is 17.1 Å². The number of hydrogen-bond acceptors (Lipinski definition) is 13. The fourth-order valence-corrected chi connectivity index (χ4v) is 12.3. The van der Waals surface area contributed by atoms with Gasteiger partial charge in [0.15, 0.2) is 10.7 Å². The molecular weight excluding hydrogens is 861 g/mol. The first-order chi connectivity index (χ1) is 31.6. The quantitative estimate of drug-likeness (QED) is 0.0725. The highest BCUT2D eigenvalue weighted by molar-refractivity contribution is 7.90. The number of nitrogens with one attached hydrogen (secondary N) is 3. The molecule has 3 aliphatic heterocycles. The Labute approximate surface area is 384 Å². The van der Waals surface area contributed by atoms with Crippen molar-refractivity contribution >= 4 is 44.0 Å². The van der Waals surface area contributed by atoms with Gasteiger partial charge in [-0.1, -0.05) is 38.1 Å². The molecule has 2 saturated heterocycles. The minimum Gasteiger partial charge on any atom is -0.474 e. The number of aromatic nitrogens is 3. The summed E-state index contributed by atoms with van der Waals surface area (Å²) in [5, 5.41) is 26.0. The Balaban J connectivity index is 0.855. The van der Waals surface area contributed by atoms with E-state index in [1.54, 1.807) is 37.4 Å². The van der Waals surface area contributed by atoms with Gasteiger partial charge in [-0.2, -0.15) is 13.4 Å². The average Bonchev–Trinajstić information content (AvgIpc) is 3.98. The van der Waals surface area contributed by atoms with E-state index < -0.39 is 37.2 Å². The van der Waals surface area contributed by atoms with Crippen LogP contribution in [-0.4, -0.2) is 88.1 Å². The van der Waals surface area contributed by atoms with Crippen LogP contribution in [0.15, 0.2) is 78.1 Å². The third-order valence-electron chi connectivity index (χ3n) is 15.1. The number of benzene rings is 2. The molecule has 2 atom stereocenters. The van der Waals surface area contributed by atoms with Crippen LogP contribution >= 0.6 is 0 Å². The number of carbonyl (C=O) groups is 1. The van der Waals surface area contributed by atoms with Gasteiger partial charge >= 0.3 is 5.69 Å². The summed E-state index contributed by atoms with van der Waals surface area (Å²) in [5.41, 5.74) is 3.34. The van der Waals surface area contributed by atoms with Crippen LogP contribution in [-0.2, 0) is 10.0 Å². The summed E-state index contributed by atoms with van der Waals surface area (Å²) in [7, 11) is -4.77. The number of carbonyl (C=O) groups excluding carboxylic acids is 1. The Morgan fingerprint density at radius 3 is 2.56 bits per heavy atom. The lowest BCUT2D eigenvalue weighted by Crippen LogP contribution is -2.54. The molecule has 10 rings (SSSR count). The third-order valence-corrected chi connectivity index (χ3v) is 16.3. The third kappa shape index (κ3) is 8.56. The number of pyridine rings is 2. The first kappa shape index (κ1) is 44.1. The zero-order valence-corrected chi connectivity index (χ0v) is 38.5. The van der Waals surface area contributed by atoms with Gasteiger partial charge in [0.2, 0.25) is 5.88 Å². The zero-order valence-electron chi connectivity index (χ0n) is 37.7. The van der Waals surface area contributed by atoms with Gasteiger partial charge in [0.1, 0.15) is 23.8 Å². The Morgan fingerprint density at radius 1 is 1.03 bits per heavy atom. The molecule has 5 aromatic rings. The van der Waals surface area contributed by atoms with Crippen LogP contribution in [0, 0.1) is 21.4 Å². The fraction of sp³-hybridized carbons (Fsp3) is 0.490. The van der Waals surface area contributed by atoms with E-state index in [1.807, 2.05) is 6.07 Å². The van der Waals surface area contributed by atoms with Crippen molar-refractivity contribution in [3.05, 3.63) is 99.9 Å². The summed E-state index contributed by atoms with van der Waals surface area (Å²) in [5.74, 6) is -0.213. The maximum Gasteiger partial charge on any atom is 0.300 e. The molecule has 17 heteroatoms. The van der Waals surface area contributed by atoms with Gasteiger partial charge in [-0.25, -0.2) is 9.71 Å². The van der Waals surface area contributed by atoms with Gasteiger partial charge in [0, 0.05) is 48.5 Å². The maximum atomic E-state index is 14.1. The normalized spacial score (nSPS) is 24.4. The van der Waals surface area contributed by atoms with Crippen molar-refractivity contribution in [2.24, 2.45) is 11.3 Å². The molecule has 4 fully saturated rings. The monoisotopic (exact) mass is 918 g/mol. The number of fused-ring (bicyclic) bond motifs is 2. The number of aromatic amines is 1. The molecule has 3 aromatic heterocycles. The van der Waals surface area contributed by atoms with E-state index in [0.29, 0.717) is 55.1 Å². The van der Waals surface area contributed by atoms with E-state index in [0.717, 1.165) is 49.6 Å². The van der Waals surface area contributed by atoms with Crippen molar-refractivity contribution in [1.29, 1.82) is 0 Å². The second kappa shape index (κ2) is 17.1. The number of ether oxygens (including phenoxy) is 2. The highest BCUT2D eigenvalue weighted by Gasteiger charge is 2.50. The number of anilines is 2. The Morgan fingerprint density at radius 2 is 1.80 bits per heavy atom. The Hall–Kier alpha value is -5.78. The summed E-state index contributed by atoms with van der Waals surface area (Å²) in [6.45, 7) is 9.26. The SMILES string of the molecule is CC(C)c1ccccc1[C@@H]1CCCN1C1CC2(CCN(c3ccc(C(=O)NS(=O)(=O)c4cc([N+](=O)[O-])c5c(n4)OC[C@H](C4CCC(C)(O)CC4)N5)c(Oc4cnc5[nH]ccc5c4)c3)CC2)C1. The number of likely N-dealkylation sites (tertiary alicyclic amines) is 1. The second-order valence-corrected chi connectivity index (χ2v) is 21.5. The van der Waals surface area contributed by atoms with Crippen LogP contribution in [0.3, 0.4) is 0 Å². The van der Waals surface area contributed by atoms with E-state index in [2.05, 4.69) is 72.9 Å². The summed E-state index contributed by atoms with van der Waals surface area (Å²) in [6.07, 6.45) is 12.7. The average molecular weight is 919 g/mol. The lowest BCUT2D eigenvalue weighted by molar-refractivity contribution is -0.384. The number of H-pyrrole nitrogens is 1. The van der Waals surface area contributed by atoms with Crippen LogP contribution < -0.4 is 24.4 Å². The molecular formula is C49H58N8O8S. The highest BCUT2D eigenvalue weighted by atomic mass is 32.2. The van der Waals surface area contributed by atoms with Crippen LogP contribution in [0.5, 0.6) is 17.4 Å². The van der Waals surface area contributed by atoms with Gasteiger partial charge in [-0.15, -0.1) is 0 Å². The number of aliphatic hydroxyl groups is 1. The van der Waals surface area contributed by atoms with Crippen molar-refractivity contribution in [2.75, 3.05) is 36.5 Å². The van der Waals surface area contributed by atoms with Crippen LogP contribution in [0.25, 0.3) is 11.0 Å². The standard InChI is InChI=1S/C49H58N8O8S/c1-30(2)36-7-4-5-8-37(36)40-9-6-20-56(40)34-26-49(27-34)17-21-55(22-18-49)33-10-11-38(42(24-33)65-35-23-32-14-19-50-45(32)51-28-35)46(58)54-66(62,63)43-25-41(57(60)61)44-47(53-43)64-29-39(52-44)31-12-15-48(3,59)16-13-31/h4-5,7-8,10-11,14,19,23-25,28,30-31,34,39-40,52,59H,6,9,12-13,15-18,20-22,26-27,29H2,1-3H3,(H,50,51)(H,54,58)/t31?,39-,40+,48?/m1/s1. The van der Waals surface area contributed by atoms with Gasteiger partial charge in [-0.05, 0) is 130 Å². The van der Waals surface area contributed by atoms with Gasteiger partial charge in [0.25, 0.3) is 15.9 Å². The van der Waals surface area contributed by atoms with Crippen LogP contribution in [0.1, 0.15) is 118 Å². The first-order valence-corrected chi connectivity index (χ1v) is 24.9. The Kier molecular flexibility index (Phi) is 11.4. The number of nitrogens with zero attached hydrogens (tertiary/aromatic N) is 5. The predicted octanol–water partition coefficient (Wildman–Crippen LogP) is 8.60. The zero-order chi connectivity index (χ0) is 46.0. The van der Waals surface area contributed by atoms with E-state index in [-0.39, 0.29) is 46.9 Å². The molecule has 66 heavy (non-hydrogen) atoms. The van der Waals surface area contributed by atoms with Gasteiger partial charge in [-0.3, -0.25) is 19.8 Å². The van der Waals surface area contributed by atoms with Crippen molar-refractivity contribution in [3.63, 3.8) is 0 Å². The number of amides is 1. The largest absolute Gasteiger partial charge is 0.474 e. The second-order valence-electron chi connectivity index (χ2n) is 19.8. The smallest absolute Gasteiger partial charge is 0.300 e. The summed E-state index contributed by atoms with van der Waals surface area (Å²) < 4.78 is 42.1. The molecule has 0 bridgehead atoms. The van der Waals surface area contributed by atoms with Crippen molar-refractivity contribution in [3.8, 4) is 17.4 Å². The number of hydrogen-bond donors (Lipinski definition) is 4. The fourth-order valence-electron chi connectivity index (χ4n) is 11.4. The number of piperidine rings is 1. The predicted molar refractivity (Wildman–Crippen MR) is 250 cm³/mol. The summed E-state index contributed by atoms with van der Waals surface area (Å²) >= 11 is 0. The van der Waals surface area contributed by atoms with Crippen LogP contribution in [0.2, 0.25) is 0 Å². The molecule has 0 unspecified atom stereocenters. The van der Waals surface area contributed by atoms with E-state index in [1.165, 1.54) is 43.0 Å². The van der Waals surface area contributed by atoms with Gasteiger partial charge < -0.3 is 29.8 Å². The molecule has 2 saturated carbocycles. The van der Waals surface area contributed by atoms with E-state index in [9.17, 15) is 28.4 Å². The molecule has 0 radical (unpaired) electrons. The lowest BCUT2D eigenvalue weighted by atomic mass is 9.59. The van der Waals surface area contributed by atoms with E-state index in [4.69, 9.17) is 9.47 Å². The van der Waals surface area contributed by atoms with Crippen molar-refractivity contribution in [2.45, 2.75) is 120 Å². The minimum atomic E-state index is -4.77. The molecule has 1 amide bonds. The molecule has 2 aromatic carbocycles. The van der Waals surface area contributed by atoms with E-state index >= 15 is 0 Å². The van der Waals surface area contributed by atoms with Gasteiger partial charge in [0.05, 0.1) is 34.4 Å². The number of nitro groups is 1. The maximum absolute atomic E-state index is 14.1. The number of sulfonamides is 1. The molecule has 348 valence electrons. The summed E-state index contributed by atoms with van der Waals surface area (Å²) in [6, 6.07) is 19.3. The topological polar surface area (TPSA) is 205 Å². The lowest BCUT2D eigenvalue weighted by Gasteiger charge is -2.56. The molecule has 1 spiro atoms. The molecule has 5 aliphatic rings. The Bertz CT molecular complexity index is 2770.